The second-order valence-electron chi connectivity index (χ2n) is 3.96. The van der Waals surface area contributed by atoms with Crippen molar-refractivity contribution in [2.24, 2.45) is 5.73 Å². The maximum atomic E-state index is 5.74. The molecule has 1 aromatic rings. The van der Waals surface area contributed by atoms with Gasteiger partial charge in [0.25, 0.3) is 0 Å². The van der Waals surface area contributed by atoms with Crippen LogP contribution >= 0.6 is 0 Å². The zero-order chi connectivity index (χ0) is 10.7. The lowest BCUT2D eigenvalue weighted by atomic mass is 10.0. The van der Waals surface area contributed by atoms with E-state index in [1.807, 2.05) is 19.1 Å². The highest BCUT2D eigenvalue weighted by molar-refractivity contribution is 5.47. The number of hydrogen-bond donors (Lipinski definition) is 1. The van der Waals surface area contributed by atoms with Gasteiger partial charge in [-0.25, -0.2) is 0 Å². The number of rotatable bonds is 3. The van der Waals surface area contributed by atoms with Crippen molar-refractivity contribution < 1.29 is 9.47 Å². The Bertz CT molecular complexity index is 336. The summed E-state index contributed by atoms with van der Waals surface area (Å²) < 4.78 is 11.1. The lowest BCUT2D eigenvalue weighted by molar-refractivity contribution is 0.170. The van der Waals surface area contributed by atoms with E-state index in [4.69, 9.17) is 15.2 Å². The normalized spacial score (nSPS) is 16.1. The minimum Gasteiger partial charge on any atom is -0.486 e. The van der Waals surface area contributed by atoms with E-state index in [0.717, 1.165) is 24.3 Å². The molecule has 2 rings (SSSR count). The number of ether oxygens (including phenoxy) is 2. The fourth-order valence-corrected chi connectivity index (χ4v) is 1.71. The summed E-state index contributed by atoms with van der Waals surface area (Å²) in [7, 11) is 0. The van der Waals surface area contributed by atoms with Gasteiger partial charge in [0.15, 0.2) is 11.5 Å². The van der Waals surface area contributed by atoms with Gasteiger partial charge in [-0.1, -0.05) is 12.1 Å². The van der Waals surface area contributed by atoms with E-state index in [9.17, 15) is 0 Å². The first-order chi connectivity index (χ1) is 7.27. The minimum absolute atomic E-state index is 0.227. The molecular formula is C12H17NO2. The Hall–Kier alpha value is -1.22. The molecule has 0 bridgehead atoms. The van der Waals surface area contributed by atoms with Gasteiger partial charge in [-0.2, -0.15) is 0 Å². The monoisotopic (exact) mass is 207 g/mol. The highest BCUT2D eigenvalue weighted by Gasteiger charge is 2.15. The van der Waals surface area contributed by atoms with Crippen molar-refractivity contribution in [1.29, 1.82) is 0 Å². The molecule has 0 radical (unpaired) electrons. The molecule has 0 fully saturated rings. The number of nitrogens with two attached hydrogens (primary N) is 1. The van der Waals surface area contributed by atoms with E-state index < -0.39 is 0 Å². The number of benzene rings is 1. The Balaban J connectivity index is 2.16. The Kier molecular flexibility index (Phi) is 3.11. The van der Waals surface area contributed by atoms with E-state index in [1.54, 1.807) is 0 Å². The molecule has 0 saturated heterocycles. The fraction of sp³-hybridized carbons (Fsp3) is 0.500. The van der Waals surface area contributed by atoms with Crippen molar-refractivity contribution in [2.45, 2.75) is 25.8 Å². The summed E-state index contributed by atoms with van der Waals surface area (Å²) in [6.45, 7) is 3.30. The summed E-state index contributed by atoms with van der Waals surface area (Å²) in [4.78, 5) is 0. The van der Waals surface area contributed by atoms with Gasteiger partial charge in [-0.3, -0.25) is 0 Å². The molecule has 0 unspecified atom stereocenters. The molecule has 1 heterocycles. The van der Waals surface area contributed by atoms with Crippen LogP contribution in [0.1, 0.15) is 18.9 Å². The molecule has 2 N–H and O–H groups in total. The zero-order valence-electron chi connectivity index (χ0n) is 9.03. The molecule has 1 aromatic carbocycles. The van der Waals surface area contributed by atoms with Crippen LogP contribution in [0.15, 0.2) is 18.2 Å². The first-order valence-electron chi connectivity index (χ1n) is 5.40. The average Bonchev–Trinajstić information content (AvgIpc) is 2.26. The van der Waals surface area contributed by atoms with Crippen molar-refractivity contribution >= 4 is 0 Å². The van der Waals surface area contributed by atoms with Gasteiger partial charge in [0.05, 0.1) is 0 Å². The summed E-state index contributed by atoms with van der Waals surface area (Å²) in [6.07, 6.45) is 1.92. The fourth-order valence-electron chi connectivity index (χ4n) is 1.71. The van der Waals surface area contributed by atoms with Gasteiger partial charge in [0, 0.05) is 6.04 Å². The molecule has 3 nitrogen and oxygen atoms in total. The van der Waals surface area contributed by atoms with Crippen LogP contribution in [-0.4, -0.2) is 19.3 Å². The molecular weight excluding hydrogens is 190 g/mol. The summed E-state index contributed by atoms with van der Waals surface area (Å²) in [5.74, 6) is 1.77. The average molecular weight is 207 g/mol. The second-order valence-corrected chi connectivity index (χ2v) is 3.96. The summed E-state index contributed by atoms with van der Waals surface area (Å²) >= 11 is 0. The third-order valence-electron chi connectivity index (χ3n) is 2.52. The maximum absolute atomic E-state index is 5.74. The quantitative estimate of drug-likeness (QED) is 0.821. The second kappa shape index (κ2) is 4.53. The molecule has 0 saturated carbocycles. The largest absolute Gasteiger partial charge is 0.486 e. The van der Waals surface area contributed by atoms with E-state index >= 15 is 0 Å². The number of para-hydroxylation sites is 1. The smallest absolute Gasteiger partial charge is 0.164 e. The van der Waals surface area contributed by atoms with Crippen LogP contribution in [0.25, 0.3) is 0 Å². The predicted molar refractivity (Wildman–Crippen MR) is 59.4 cm³/mol. The van der Waals surface area contributed by atoms with Crippen LogP contribution in [0.5, 0.6) is 11.5 Å². The molecule has 82 valence electrons. The van der Waals surface area contributed by atoms with Crippen LogP contribution in [0.2, 0.25) is 0 Å². The van der Waals surface area contributed by atoms with E-state index in [-0.39, 0.29) is 6.04 Å². The molecule has 3 heteroatoms. The summed E-state index contributed by atoms with van der Waals surface area (Å²) in [5.41, 5.74) is 6.94. The van der Waals surface area contributed by atoms with Crippen LogP contribution in [0.4, 0.5) is 0 Å². The van der Waals surface area contributed by atoms with Crippen molar-refractivity contribution in [1.82, 2.24) is 0 Å². The third-order valence-corrected chi connectivity index (χ3v) is 2.52. The SMILES string of the molecule is C[C@@H](N)CCc1cccc2c1OCCO2. The van der Waals surface area contributed by atoms with E-state index in [0.29, 0.717) is 13.2 Å². The topological polar surface area (TPSA) is 44.5 Å². The summed E-state index contributed by atoms with van der Waals surface area (Å²) in [5, 5.41) is 0. The minimum atomic E-state index is 0.227. The highest BCUT2D eigenvalue weighted by atomic mass is 16.6. The van der Waals surface area contributed by atoms with Gasteiger partial charge in [0.2, 0.25) is 0 Å². The van der Waals surface area contributed by atoms with Crippen molar-refractivity contribution in [2.75, 3.05) is 13.2 Å². The Morgan fingerprint density at radius 3 is 2.93 bits per heavy atom. The van der Waals surface area contributed by atoms with Gasteiger partial charge >= 0.3 is 0 Å². The number of aryl methyl sites for hydroxylation is 1. The Morgan fingerprint density at radius 1 is 1.33 bits per heavy atom. The van der Waals surface area contributed by atoms with Crippen LogP contribution in [0, 0.1) is 0 Å². The lowest BCUT2D eigenvalue weighted by Crippen LogP contribution is -2.18. The van der Waals surface area contributed by atoms with E-state index in [1.165, 1.54) is 5.56 Å². The first-order valence-corrected chi connectivity index (χ1v) is 5.40. The van der Waals surface area contributed by atoms with Crippen LogP contribution in [-0.2, 0) is 6.42 Å². The molecule has 1 atom stereocenters. The summed E-state index contributed by atoms with van der Waals surface area (Å²) in [6, 6.07) is 6.26. The van der Waals surface area contributed by atoms with Gasteiger partial charge in [0.1, 0.15) is 13.2 Å². The molecule has 1 aliphatic rings. The molecule has 0 amide bonds. The van der Waals surface area contributed by atoms with Crippen LogP contribution in [0.3, 0.4) is 0 Å². The number of hydrogen-bond acceptors (Lipinski definition) is 3. The van der Waals surface area contributed by atoms with Crippen molar-refractivity contribution in [3.05, 3.63) is 23.8 Å². The zero-order valence-corrected chi connectivity index (χ0v) is 9.03. The van der Waals surface area contributed by atoms with Crippen LogP contribution < -0.4 is 15.2 Å². The maximum Gasteiger partial charge on any atom is 0.164 e. The number of fused-ring (bicyclic) bond motifs is 1. The van der Waals surface area contributed by atoms with Gasteiger partial charge in [-0.15, -0.1) is 0 Å². The van der Waals surface area contributed by atoms with Gasteiger partial charge in [-0.05, 0) is 31.4 Å². The van der Waals surface area contributed by atoms with E-state index in [2.05, 4.69) is 6.07 Å². The molecule has 15 heavy (non-hydrogen) atoms. The standard InChI is InChI=1S/C12H17NO2/c1-9(13)5-6-10-3-2-4-11-12(10)15-8-7-14-11/h2-4,9H,5-8,13H2,1H3/t9-/m1/s1. The first kappa shape index (κ1) is 10.3. The molecule has 0 aliphatic carbocycles. The Morgan fingerprint density at radius 2 is 2.13 bits per heavy atom. The lowest BCUT2D eigenvalue weighted by Gasteiger charge is -2.21. The highest BCUT2D eigenvalue weighted by Crippen LogP contribution is 2.34. The third kappa shape index (κ3) is 2.42. The van der Waals surface area contributed by atoms with Crippen molar-refractivity contribution in [3.63, 3.8) is 0 Å². The van der Waals surface area contributed by atoms with Crippen molar-refractivity contribution in [3.8, 4) is 11.5 Å². The molecule has 1 aliphatic heterocycles. The van der Waals surface area contributed by atoms with Gasteiger partial charge < -0.3 is 15.2 Å². The molecule has 0 aromatic heterocycles. The predicted octanol–water partition coefficient (Wildman–Crippen LogP) is 1.74. The molecule has 0 spiro atoms. The Labute approximate surface area is 90.2 Å².